The Hall–Kier alpha value is -4.52. The molecule has 0 aliphatic carbocycles. The molecule has 0 spiro atoms. The van der Waals surface area contributed by atoms with Gasteiger partial charge in [-0.15, -0.1) is 11.8 Å². The van der Waals surface area contributed by atoms with Gasteiger partial charge in [0.15, 0.2) is 17.1 Å². The number of ether oxygens (including phenoxy) is 1. The Morgan fingerprint density at radius 1 is 1.02 bits per heavy atom. The molecule has 1 aromatic heterocycles. The van der Waals surface area contributed by atoms with E-state index in [-0.39, 0.29) is 9.47 Å². The first-order chi connectivity index (χ1) is 37.7. The number of alkyl halides is 3. The lowest BCUT2D eigenvalue weighted by Crippen LogP contribution is -2.48. The molecule has 1 amide bonds. The third kappa shape index (κ3) is 9.00. The van der Waals surface area contributed by atoms with Crippen LogP contribution in [0.3, 0.4) is 0 Å². The van der Waals surface area contributed by atoms with Gasteiger partial charge in [0.2, 0.25) is 5.91 Å². The van der Waals surface area contributed by atoms with Crippen molar-refractivity contribution in [3.63, 3.8) is 0 Å². The van der Waals surface area contributed by atoms with E-state index in [9.17, 15) is 27.6 Å². The van der Waals surface area contributed by atoms with E-state index in [1.54, 1.807) is 0 Å². The summed E-state index contributed by atoms with van der Waals surface area (Å²) < 4.78 is 347. The lowest BCUT2D eigenvalue weighted by Gasteiger charge is -2.39. The van der Waals surface area contributed by atoms with Crippen molar-refractivity contribution in [2.45, 2.75) is 55.6 Å². The van der Waals surface area contributed by atoms with Gasteiger partial charge in [0.1, 0.15) is 6.54 Å². The van der Waals surface area contributed by atoms with Gasteiger partial charge in [0, 0.05) is 75.5 Å². The van der Waals surface area contributed by atoms with Crippen LogP contribution in [0.1, 0.15) is 77.5 Å². The average Bonchev–Trinajstić information content (AvgIpc) is 0.673. The zero-order chi connectivity index (χ0) is 64.9. The number of para-hydroxylation sites is 1. The minimum absolute atomic E-state index is 0.00130. The fourth-order valence-corrected chi connectivity index (χ4v) is 5.06. The highest BCUT2D eigenvalue weighted by atomic mass is 32.2. The van der Waals surface area contributed by atoms with Gasteiger partial charge in [-0.3, -0.25) is 9.59 Å². The third-order valence-electron chi connectivity index (χ3n) is 6.84. The van der Waals surface area contributed by atoms with Crippen molar-refractivity contribution in [3.05, 3.63) is 135 Å². The average molecular weight is 781 g/mol. The summed E-state index contributed by atoms with van der Waals surface area (Å²) in [5.74, 6) is -7.09. The highest BCUT2D eigenvalue weighted by Gasteiger charge is 2.31. The number of likely N-dealkylation sites (tertiary alicyclic amines) is 1. The van der Waals surface area contributed by atoms with E-state index < -0.39 is 256 Å². The molecule has 0 unspecified atom stereocenters. The minimum Gasteiger partial charge on any atom is -0.383 e. The maximum absolute atomic E-state index is 15.9. The molecule has 278 valence electrons. The number of methoxy groups -OCH3 is 1. The number of fused-ring (bicyclic) bond motifs is 1. The van der Waals surface area contributed by atoms with E-state index in [0.29, 0.717) is 6.92 Å². The topological polar surface area (TPSA) is 54.8 Å². The number of thioether (sulfide) groups is 1. The van der Waals surface area contributed by atoms with Crippen LogP contribution >= 0.6 is 11.8 Å². The number of piperidine rings is 1. The van der Waals surface area contributed by atoms with E-state index in [0.717, 1.165) is 0 Å². The molecule has 0 bridgehead atoms. The zero-order valence-electron chi connectivity index (χ0n) is 57.5. The van der Waals surface area contributed by atoms with E-state index in [1.807, 2.05) is 0 Å². The summed E-state index contributed by atoms with van der Waals surface area (Å²) in [6.07, 6.45) is -15.1. The quantitative estimate of drug-likeness (QED) is 0.0938. The van der Waals surface area contributed by atoms with Gasteiger partial charge >= 0.3 is 6.18 Å². The molecule has 1 saturated heterocycles. The maximum atomic E-state index is 15.9. The number of carbonyl (C=O) groups is 1. The van der Waals surface area contributed by atoms with Crippen molar-refractivity contribution in [1.82, 2.24) is 14.4 Å². The predicted molar refractivity (Wildman–Crippen MR) is 198 cm³/mol. The number of rotatable bonds is 12. The van der Waals surface area contributed by atoms with Gasteiger partial charge in [0.05, 0.1) is 51.5 Å². The lowest BCUT2D eigenvalue weighted by atomic mass is 9.97. The molecule has 0 radical (unpaired) electrons. The maximum Gasteiger partial charge on any atom is 0.416 e. The van der Waals surface area contributed by atoms with Crippen LogP contribution in [0, 0.1) is 18.6 Å². The van der Waals surface area contributed by atoms with Gasteiger partial charge in [-0.25, -0.2) is 8.78 Å². The summed E-state index contributed by atoms with van der Waals surface area (Å²) in [5.41, 5.74) is -16.3. The minimum atomic E-state index is -5.56. The molecule has 1 aliphatic heterocycles. The Labute approximate surface area is 352 Å². The summed E-state index contributed by atoms with van der Waals surface area (Å²) in [4.78, 5) is 28.7. The van der Waals surface area contributed by atoms with Crippen molar-refractivity contribution in [3.8, 4) is 11.1 Å². The Balaban J connectivity index is 1.80. The Morgan fingerprint density at radius 3 is 2.49 bits per heavy atom. The molecule has 5 aromatic rings. The molecule has 1 fully saturated rings. The predicted octanol–water partition coefficient (Wildman–Crippen LogP) is 8.71. The molecule has 6 rings (SSSR count). The number of halogens is 5. The molecule has 0 atom stereocenters. The largest absolute Gasteiger partial charge is 0.416 e. The van der Waals surface area contributed by atoms with Crippen molar-refractivity contribution in [2.75, 3.05) is 33.2 Å². The fraction of sp³-hybridized carbons (Fsp3) is 0.317. The van der Waals surface area contributed by atoms with Gasteiger partial charge in [-0.1, -0.05) is 54.4 Å². The second-order valence-corrected chi connectivity index (χ2v) is 11.1. The molecule has 12 heteroatoms. The summed E-state index contributed by atoms with van der Waals surface area (Å²) in [6, 6.07) is -28.2. The van der Waals surface area contributed by atoms with Crippen molar-refractivity contribution in [1.29, 1.82) is 0 Å². The molecule has 53 heavy (non-hydrogen) atoms. The number of hydrogen-bond donors (Lipinski definition) is 0. The van der Waals surface area contributed by atoms with Crippen molar-refractivity contribution < 1.29 is 74.0 Å². The monoisotopic (exact) mass is 780 g/mol. The Morgan fingerprint density at radius 2 is 1.75 bits per heavy atom. The van der Waals surface area contributed by atoms with Crippen LogP contribution in [0.5, 0.6) is 0 Å². The smallest absolute Gasteiger partial charge is 0.383 e. The molecule has 1 aliphatic rings. The van der Waals surface area contributed by atoms with E-state index >= 15 is 13.6 Å². The zero-order valence-corrected chi connectivity index (χ0v) is 27.3. The molecule has 6 nitrogen and oxygen atoms in total. The Bertz CT molecular complexity index is 3570. The van der Waals surface area contributed by atoms with Gasteiger partial charge < -0.3 is 19.1 Å². The normalized spacial score (nSPS) is 27.8. The first-order valence-corrected chi connectivity index (χ1v) is 15.4. The number of amides is 1. The molecular formula is C41H40F5N3O3S. The van der Waals surface area contributed by atoms with Gasteiger partial charge in [0.25, 0.3) is 0 Å². The summed E-state index contributed by atoms with van der Waals surface area (Å²) in [6.45, 7) is -17.7. The number of benzene rings is 4. The van der Waals surface area contributed by atoms with Gasteiger partial charge in [-0.2, -0.15) is 13.2 Å². The molecule has 0 N–H and O–H groups in total. The van der Waals surface area contributed by atoms with Gasteiger partial charge in [-0.05, 0) is 72.1 Å². The second-order valence-electron chi connectivity index (χ2n) is 10.3. The first-order valence-electron chi connectivity index (χ1n) is 30.1. The molecule has 2 heterocycles. The molecule has 4 aromatic carbocycles. The summed E-state index contributed by atoms with van der Waals surface area (Å²) >= 11 is -0.679. The summed E-state index contributed by atoms with van der Waals surface area (Å²) in [5, 5.41) is -2.79. The number of aromatic nitrogens is 1. The second kappa shape index (κ2) is 16.7. The molecule has 0 saturated carbocycles. The third-order valence-corrected chi connectivity index (χ3v) is 7.66. The first kappa shape index (κ1) is 15.3. The fourth-order valence-electron chi connectivity index (χ4n) is 4.31. The van der Waals surface area contributed by atoms with Crippen LogP contribution in [-0.4, -0.2) is 59.5 Å². The molecular weight excluding hydrogens is 710 g/mol. The van der Waals surface area contributed by atoms with E-state index in [2.05, 4.69) is 4.74 Å². The Kier molecular flexibility index (Phi) is 4.81. The number of hydrogen-bond acceptors (Lipinski definition) is 5. The van der Waals surface area contributed by atoms with Crippen molar-refractivity contribution in [2.24, 2.45) is 0 Å². The summed E-state index contributed by atoms with van der Waals surface area (Å²) in [7, 11) is -3.33. The van der Waals surface area contributed by atoms with Crippen molar-refractivity contribution >= 4 is 28.6 Å². The van der Waals surface area contributed by atoms with Crippen LogP contribution in [0.4, 0.5) is 22.0 Å². The van der Waals surface area contributed by atoms with Crippen LogP contribution in [0.15, 0.2) is 100 Å². The van der Waals surface area contributed by atoms with Crippen LogP contribution in [0.25, 0.3) is 22.0 Å². The lowest BCUT2D eigenvalue weighted by molar-refractivity contribution is -0.137. The van der Waals surface area contributed by atoms with E-state index in [4.69, 9.17) is 32.9 Å². The standard InChI is InChI=1S/C41H40F5N3O3S/c1-27-22-29(28-12-14-32(15-13-28)41(44,45)46)10-11-30(27)24-48(33-16-18-47(19-17-33)20-21-52-2)38(51)25-49-36-9-4-3-7-34(36)37(50)23-39(49)53-26-31-6-5-8-35(42)40(31)43/h3-15,22-23,33H,16-21,24-26H2,1-2H3/i2D3,3D,4D,5D,6D,7D,8D,9D,10D,11D,12D,13D,14D,15D,16D2,17D2,18D2,19D2,22D,23D,24D2,26D2,33D. The van der Waals surface area contributed by atoms with Crippen LogP contribution < -0.4 is 5.43 Å². The highest BCUT2D eigenvalue weighted by Crippen LogP contribution is 2.32. The van der Waals surface area contributed by atoms with E-state index in [1.165, 1.54) is 0 Å². The number of carbonyl (C=O) groups excluding carboxylic acids is 1. The SMILES string of the molecule is [2H]c1c([2H])c(F)c(F)c(C([2H])([2H])Sc2c([2H])c(=O)c3c([2H])c([2H])c([2H])c([2H])c3n2CC(=O)N(C([2H])([2H])c2c([2H])c([2H])c(-c3c([2H])c([2H])c(C(F)(F)F)c([2H])c3[2H])c([2H])c2C)C2([2H])C([2H])([2H])C([2H])([2H])N(CCOC([2H])([2H])[2H])C([2H])([2H])C2([2H])[2H])c1[2H]. The van der Waals surface area contributed by atoms with Crippen LogP contribution in [0.2, 0.25) is 0 Å². The van der Waals surface area contributed by atoms with Crippen LogP contribution in [-0.2, 0) is 34.5 Å². The number of pyridine rings is 1. The number of nitrogens with zero attached hydrogens (tertiary/aromatic N) is 3. The highest BCUT2D eigenvalue weighted by molar-refractivity contribution is 7.98.